The lowest BCUT2D eigenvalue weighted by atomic mass is 10.1. The SMILES string of the molecule is CC(=O)N(CC[NH+](C)C)Cc1cc(NC(=O)c2ccccc2Cl)ccc1N(C)C. The summed E-state index contributed by atoms with van der Waals surface area (Å²) in [6.07, 6.45) is 0. The number of hydrogen-bond acceptors (Lipinski definition) is 3. The normalized spacial score (nSPS) is 10.7. The molecule has 0 saturated heterocycles. The number of carbonyl (C=O) groups is 2. The standard InChI is InChI=1S/C22H29ClN4O2/c1-16(28)27(13-12-25(2)3)15-17-14-18(10-11-21(17)26(4)5)24-22(29)19-8-6-7-9-20(19)23/h6-11,14H,12-13,15H2,1-5H3,(H,24,29)/p+1. The van der Waals surface area contributed by atoms with Crippen LogP contribution in [-0.4, -0.2) is 58.0 Å². The van der Waals surface area contributed by atoms with Crippen LogP contribution in [-0.2, 0) is 11.3 Å². The molecular weight excluding hydrogens is 388 g/mol. The number of benzene rings is 2. The van der Waals surface area contributed by atoms with Crippen LogP contribution in [0.2, 0.25) is 5.02 Å². The van der Waals surface area contributed by atoms with E-state index in [1.807, 2.05) is 42.1 Å². The van der Waals surface area contributed by atoms with Gasteiger partial charge < -0.3 is 20.0 Å². The Morgan fingerprint density at radius 3 is 2.38 bits per heavy atom. The zero-order valence-electron chi connectivity index (χ0n) is 17.8. The number of carbonyl (C=O) groups excluding carboxylic acids is 2. The van der Waals surface area contributed by atoms with Crippen LogP contribution in [0.3, 0.4) is 0 Å². The third-order valence-electron chi connectivity index (χ3n) is 4.63. The molecule has 0 unspecified atom stereocenters. The molecule has 0 aliphatic carbocycles. The smallest absolute Gasteiger partial charge is 0.257 e. The topological polar surface area (TPSA) is 57.1 Å². The number of nitrogens with zero attached hydrogens (tertiary/aromatic N) is 2. The van der Waals surface area contributed by atoms with Crippen molar-refractivity contribution in [2.75, 3.05) is 51.5 Å². The van der Waals surface area contributed by atoms with Crippen LogP contribution < -0.4 is 15.1 Å². The van der Waals surface area contributed by atoms with Gasteiger partial charge in [-0.3, -0.25) is 9.59 Å². The Kier molecular flexibility index (Phi) is 8.05. The second kappa shape index (κ2) is 10.3. The number of hydrogen-bond donors (Lipinski definition) is 2. The van der Waals surface area contributed by atoms with E-state index in [9.17, 15) is 9.59 Å². The zero-order valence-corrected chi connectivity index (χ0v) is 18.5. The van der Waals surface area contributed by atoms with Crippen molar-refractivity contribution >= 4 is 34.8 Å². The highest BCUT2D eigenvalue weighted by Gasteiger charge is 2.16. The van der Waals surface area contributed by atoms with Crippen LogP contribution in [0.1, 0.15) is 22.8 Å². The van der Waals surface area contributed by atoms with Gasteiger partial charge in [0.2, 0.25) is 5.91 Å². The van der Waals surface area contributed by atoms with Gasteiger partial charge in [0, 0.05) is 38.9 Å². The van der Waals surface area contributed by atoms with Crippen molar-refractivity contribution in [2.45, 2.75) is 13.5 Å². The largest absolute Gasteiger partial charge is 0.377 e. The first-order chi connectivity index (χ1) is 13.7. The lowest BCUT2D eigenvalue weighted by Gasteiger charge is -2.25. The highest BCUT2D eigenvalue weighted by Crippen LogP contribution is 2.25. The molecular formula is C22H30ClN4O2+. The summed E-state index contributed by atoms with van der Waals surface area (Å²) in [6, 6.07) is 12.7. The highest BCUT2D eigenvalue weighted by molar-refractivity contribution is 6.34. The van der Waals surface area contributed by atoms with Crippen LogP contribution in [0, 0.1) is 0 Å². The summed E-state index contributed by atoms with van der Waals surface area (Å²) >= 11 is 6.13. The van der Waals surface area contributed by atoms with Crippen LogP contribution in [0.25, 0.3) is 0 Å². The Morgan fingerprint density at radius 1 is 1.10 bits per heavy atom. The van der Waals surface area contributed by atoms with E-state index in [2.05, 4.69) is 19.4 Å². The molecule has 0 aliphatic rings. The average molecular weight is 418 g/mol. The maximum atomic E-state index is 12.6. The number of rotatable bonds is 8. The molecule has 6 nitrogen and oxygen atoms in total. The van der Waals surface area contributed by atoms with Crippen molar-refractivity contribution in [2.24, 2.45) is 0 Å². The minimum Gasteiger partial charge on any atom is -0.377 e. The molecule has 2 N–H and O–H groups in total. The van der Waals surface area contributed by atoms with Gasteiger partial charge >= 0.3 is 0 Å². The van der Waals surface area contributed by atoms with Gasteiger partial charge in [-0.25, -0.2) is 0 Å². The molecule has 0 spiro atoms. The van der Waals surface area contributed by atoms with E-state index in [0.717, 1.165) is 17.8 Å². The van der Waals surface area contributed by atoms with Crippen LogP contribution in [0.15, 0.2) is 42.5 Å². The molecule has 0 fully saturated rings. The van der Waals surface area contributed by atoms with Gasteiger partial charge in [-0.2, -0.15) is 0 Å². The minimum atomic E-state index is -0.265. The van der Waals surface area contributed by atoms with Crippen LogP contribution in [0.4, 0.5) is 11.4 Å². The average Bonchev–Trinajstić information content (AvgIpc) is 2.64. The molecule has 2 aromatic rings. The summed E-state index contributed by atoms with van der Waals surface area (Å²) in [5.41, 5.74) is 3.06. The maximum Gasteiger partial charge on any atom is 0.257 e. The fourth-order valence-electron chi connectivity index (χ4n) is 2.98. The first-order valence-corrected chi connectivity index (χ1v) is 9.97. The molecule has 0 heterocycles. The molecule has 0 saturated carbocycles. The number of halogens is 1. The second-order valence-corrected chi connectivity index (χ2v) is 7.98. The summed E-state index contributed by atoms with van der Waals surface area (Å²) in [6.45, 7) is 3.59. The van der Waals surface area contributed by atoms with Crippen molar-refractivity contribution in [1.82, 2.24) is 4.90 Å². The molecule has 29 heavy (non-hydrogen) atoms. The Labute approximate surface area is 178 Å². The van der Waals surface area contributed by atoms with Crippen molar-refractivity contribution in [3.05, 3.63) is 58.6 Å². The summed E-state index contributed by atoms with van der Waals surface area (Å²) < 4.78 is 0. The maximum absolute atomic E-state index is 12.6. The van der Waals surface area contributed by atoms with E-state index in [1.165, 1.54) is 4.90 Å². The Bertz CT molecular complexity index is 868. The van der Waals surface area contributed by atoms with Gasteiger partial charge in [0.1, 0.15) is 0 Å². The van der Waals surface area contributed by atoms with Gasteiger partial charge in [-0.1, -0.05) is 23.7 Å². The monoisotopic (exact) mass is 417 g/mol. The second-order valence-electron chi connectivity index (χ2n) is 7.57. The predicted octanol–water partition coefficient (Wildman–Crippen LogP) is 2.15. The molecule has 0 radical (unpaired) electrons. The number of amides is 2. The molecule has 0 bridgehead atoms. The quantitative estimate of drug-likeness (QED) is 0.692. The van der Waals surface area contributed by atoms with E-state index in [-0.39, 0.29) is 11.8 Å². The summed E-state index contributed by atoms with van der Waals surface area (Å²) in [7, 11) is 8.05. The van der Waals surface area contributed by atoms with Gasteiger partial charge in [0.05, 0.1) is 37.8 Å². The van der Waals surface area contributed by atoms with Crippen molar-refractivity contribution in [3.8, 4) is 0 Å². The van der Waals surface area contributed by atoms with Gasteiger partial charge in [-0.15, -0.1) is 0 Å². The molecule has 2 amide bonds. The zero-order chi connectivity index (χ0) is 21.6. The van der Waals surface area contributed by atoms with E-state index in [1.54, 1.807) is 31.2 Å². The molecule has 0 atom stereocenters. The van der Waals surface area contributed by atoms with Gasteiger partial charge in [-0.05, 0) is 35.9 Å². The summed E-state index contributed by atoms with van der Waals surface area (Å²) in [4.78, 5) is 29.9. The minimum absolute atomic E-state index is 0.0291. The highest BCUT2D eigenvalue weighted by atomic mass is 35.5. The van der Waals surface area contributed by atoms with Gasteiger partial charge in [0.15, 0.2) is 0 Å². The lowest BCUT2D eigenvalue weighted by molar-refractivity contribution is -0.857. The lowest BCUT2D eigenvalue weighted by Crippen LogP contribution is -3.06. The van der Waals surface area contributed by atoms with Crippen molar-refractivity contribution < 1.29 is 14.5 Å². The third-order valence-corrected chi connectivity index (χ3v) is 4.96. The predicted molar refractivity (Wildman–Crippen MR) is 119 cm³/mol. The van der Waals surface area contributed by atoms with Crippen LogP contribution in [0.5, 0.6) is 0 Å². The fraction of sp³-hybridized carbons (Fsp3) is 0.364. The molecule has 2 aromatic carbocycles. The Hall–Kier alpha value is -2.57. The molecule has 0 aromatic heterocycles. The Balaban J connectivity index is 2.27. The number of nitrogens with one attached hydrogen (secondary N) is 2. The van der Waals surface area contributed by atoms with E-state index < -0.39 is 0 Å². The number of likely N-dealkylation sites (N-methyl/N-ethyl adjacent to an activating group) is 1. The van der Waals surface area contributed by atoms with E-state index in [0.29, 0.717) is 29.4 Å². The third kappa shape index (κ3) is 6.48. The fourth-order valence-corrected chi connectivity index (χ4v) is 3.20. The Morgan fingerprint density at radius 2 is 1.79 bits per heavy atom. The molecule has 7 heteroatoms. The van der Waals surface area contributed by atoms with Crippen molar-refractivity contribution in [3.63, 3.8) is 0 Å². The molecule has 2 rings (SSSR count). The number of anilines is 2. The van der Waals surface area contributed by atoms with Crippen molar-refractivity contribution in [1.29, 1.82) is 0 Å². The molecule has 156 valence electrons. The van der Waals surface area contributed by atoms with E-state index >= 15 is 0 Å². The first kappa shape index (κ1) is 22.7. The van der Waals surface area contributed by atoms with E-state index in [4.69, 9.17) is 11.6 Å². The summed E-state index contributed by atoms with van der Waals surface area (Å²) in [5.74, 6) is -0.236. The first-order valence-electron chi connectivity index (χ1n) is 9.59. The van der Waals surface area contributed by atoms with Gasteiger partial charge in [0.25, 0.3) is 5.91 Å². The summed E-state index contributed by atoms with van der Waals surface area (Å²) in [5, 5.41) is 3.32. The van der Waals surface area contributed by atoms with Crippen LogP contribution >= 0.6 is 11.6 Å². The number of quaternary nitrogens is 1. The molecule has 0 aliphatic heterocycles.